The van der Waals surface area contributed by atoms with Crippen LogP contribution in [0, 0.1) is 11.6 Å². The summed E-state index contributed by atoms with van der Waals surface area (Å²) in [5.74, 6) is -1.92. The number of hydrogen-bond donors (Lipinski definition) is 1. The van der Waals surface area contributed by atoms with Crippen LogP contribution in [0.15, 0.2) is 30.3 Å². The second-order valence-electron chi connectivity index (χ2n) is 4.10. The van der Waals surface area contributed by atoms with Crippen molar-refractivity contribution in [2.24, 2.45) is 0 Å². The zero-order valence-corrected chi connectivity index (χ0v) is 11.2. The van der Waals surface area contributed by atoms with Crippen molar-refractivity contribution in [1.29, 1.82) is 0 Å². The van der Waals surface area contributed by atoms with Gasteiger partial charge < -0.3 is 5.32 Å². The molecule has 0 unspecified atom stereocenters. The molecule has 20 heavy (non-hydrogen) atoms. The highest BCUT2D eigenvalue weighted by Gasteiger charge is 2.16. The first-order chi connectivity index (χ1) is 9.47. The van der Waals surface area contributed by atoms with Crippen LogP contribution in [0.3, 0.4) is 0 Å². The number of benzene rings is 1. The summed E-state index contributed by atoms with van der Waals surface area (Å²) in [5.41, 5.74) is 0.241. The second kappa shape index (κ2) is 5.92. The maximum absolute atomic E-state index is 13.6. The molecule has 0 saturated heterocycles. The third-order valence-corrected chi connectivity index (χ3v) is 2.84. The van der Waals surface area contributed by atoms with Crippen molar-refractivity contribution in [3.63, 3.8) is 0 Å². The molecule has 104 valence electrons. The Kier molecular flexibility index (Phi) is 4.24. The molecule has 1 amide bonds. The van der Waals surface area contributed by atoms with E-state index in [1.165, 1.54) is 18.2 Å². The Bertz CT molecular complexity index is 634. The fraction of sp³-hybridized carbons (Fsp3) is 0.154. The van der Waals surface area contributed by atoms with E-state index < -0.39 is 23.6 Å². The van der Waals surface area contributed by atoms with Gasteiger partial charge in [0.1, 0.15) is 11.6 Å². The van der Waals surface area contributed by atoms with E-state index in [1.807, 2.05) is 0 Å². The summed E-state index contributed by atoms with van der Waals surface area (Å²) in [4.78, 5) is 11.9. The highest BCUT2D eigenvalue weighted by Crippen LogP contribution is 2.18. The van der Waals surface area contributed by atoms with Gasteiger partial charge in [0.15, 0.2) is 10.8 Å². The molecule has 0 fully saturated rings. The van der Waals surface area contributed by atoms with Crippen molar-refractivity contribution >= 4 is 17.5 Å². The Morgan fingerprint density at radius 1 is 1.25 bits per heavy atom. The number of nitrogens with zero attached hydrogens (tertiary/aromatic N) is 2. The first-order valence-electron chi connectivity index (χ1n) is 5.72. The molecule has 1 heterocycles. The molecular weight excluding hydrogens is 288 g/mol. The summed E-state index contributed by atoms with van der Waals surface area (Å²) in [6.07, 6.45) is 0. The van der Waals surface area contributed by atoms with Crippen molar-refractivity contribution in [3.8, 4) is 0 Å². The van der Waals surface area contributed by atoms with Gasteiger partial charge in [0.05, 0.1) is 6.04 Å². The lowest BCUT2D eigenvalue weighted by atomic mass is 10.1. The van der Waals surface area contributed by atoms with Gasteiger partial charge in [0, 0.05) is 11.6 Å². The Labute approximate surface area is 118 Å². The number of rotatable bonds is 3. The molecule has 2 rings (SSSR count). The Balaban J connectivity index is 2.12. The molecule has 1 aromatic heterocycles. The third-order valence-electron chi connectivity index (χ3n) is 2.64. The third kappa shape index (κ3) is 3.27. The minimum Gasteiger partial charge on any atom is -0.344 e. The highest BCUT2D eigenvalue weighted by atomic mass is 35.5. The van der Waals surface area contributed by atoms with Gasteiger partial charge in [0.25, 0.3) is 5.91 Å². The normalized spacial score (nSPS) is 12.0. The molecule has 0 bridgehead atoms. The van der Waals surface area contributed by atoms with Gasteiger partial charge in [0.2, 0.25) is 0 Å². The fourth-order valence-corrected chi connectivity index (χ4v) is 1.74. The molecule has 2 aromatic rings. The minimum absolute atomic E-state index is 0.0590. The number of carbonyl (C=O) groups excluding carboxylic acids is 1. The van der Waals surface area contributed by atoms with E-state index in [4.69, 9.17) is 11.6 Å². The summed E-state index contributed by atoms with van der Waals surface area (Å²) in [5, 5.41) is 9.87. The van der Waals surface area contributed by atoms with Crippen molar-refractivity contribution < 1.29 is 13.6 Å². The van der Waals surface area contributed by atoms with Gasteiger partial charge in [-0.15, -0.1) is 10.2 Å². The molecule has 1 N–H and O–H groups in total. The number of aromatic nitrogens is 2. The van der Waals surface area contributed by atoms with E-state index in [-0.39, 0.29) is 16.4 Å². The van der Waals surface area contributed by atoms with Gasteiger partial charge in [-0.3, -0.25) is 4.79 Å². The van der Waals surface area contributed by atoms with Gasteiger partial charge in [-0.25, -0.2) is 8.78 Å². The van der Waals surface area contributed by atoms with E-state index in [9.17, 15) is 13.6 Å². The number of carbonyl (C=O) groups is 1. The number of hydrogen-bond acceptors (Lipinski definition) is 3. The highest BCUT2D eigenvalue weighted by molar-refractivity contribution is 6.29. The van der Waals surface area contributed by atoms with E-state index in [0.717, 1.165) is 12.1 Å². The lowest BCUT2D eigenvalue weighted by molar-refractivity contribution is 0.0933. The molecule has 0 saturated carbocycles. The Hall–Kier alpha value is -2.08. The zero-order valence-electron chi connectivity index (χ0n) is 10.4. The summed E-state index contributed by atoms with van der Waals surface area (Å²) < 4.78 is 26.4. The van der Waals surface area contributed by atoms with Crippen LogP contribution in [-0.4, -0.2) is 16.1 Å². The molecule has 0 radical (unpaired) electrons. The molecule has 7 heteroatoms. The predicted octanol–water partition coefficient (Wildman–Crippen LogP) is 2.90. The SMILES string of the molecule is C[C@@H](NC(=O)c1ccc(Cl)nn1)c1ccc(F)cc1F. The molecule has 0 aliphatic heterocycles. The van der Waals surface area contributed by atoms with Gasteiger partial charge >= 0.3 is 0 Å². The molecule has 1 aromatic carbocycles. The minimum atomic E-state index is -0.722. The second-order valence-corrected chi connectivity index (χ2v) is 4.49. The Morgan fingerprint density at radius 2 is 2.00 bits per heavy atom. The van der Waals surface area contributed by atoms with Crippen molar-refractivity contribution in [2.75, 3.05) is 0 Å². The largest absolute Gasteiger partial charge is 0.344 e. The molecule has 0 aliphatic rings. The average Bonchev–Trinajstić information content (AvgIpc) is 2.39. The van der Waals surface area contributed by atoms with Crippen LogP contribution in [-0.2, 0) is 0 Å². The number of nitrogens with one attached hydrogen (secondary N) is 1. The van der Waals surface area contributed by atoms with Crippen LogP contribution in [0.4, 0.5) is 8.78 Å². The first-order valence-corrected chi connectivity index (χ1v) is 6.10. The standard InChI is InChI=1S/C13H10ClF2N3O/c1-7(9-3-2-8(15)6-10(9)16)17-13(20)11-4-5-12(14)19-18-11/h2-7H,1H3,(H,17,20)/t7-/m1/s1. The van der Waals surface area contributed by atoms with Gasteiger partial charge in [-0.1, -0.05) is 17.7 Å². The number of halogens is 3. The maximum atomic E-state index is 13.6. The fourth-order valence-electron chi connectivity index (χ4n) is 1.64. The van der Waals surface area contributed by atoms with Crippen LogP contribution >= 0.6 is 11.6 Å². The monoisotopic (exact) mass is 297 g/mol. The molecule has 0 aliphatic carbocycles. The van der Waals surface area contributed by atoms with E-state index in [2.05, 4.69) is 15.5 Å². The van der Waals surface area contributed by atoms with Crippen LogP contribution < -0.4 is 5.32 Å². The zero-order chi connectivity index (χ0) is 14.7. The predicted molar refractivity (Wildman–Crippen MR) is 69.3 cm³/mol. The summed E-state index contributed by atoms with van der Waals surface area (Å²) in [6.45, 7) is 1.58. The molecule has 1 atom stereocenters. The van der Waals surface area contributed by atoms with E-state index in [0.29, 0.717) is 0 Å². The first kappa shape index (κ1) is 14.3. The van der Waals surface area contributed by atoms with Gasteiger partial charge in [-0.05, 0) is 25.1 Å². The maximum Gasteiger partial charge on any atom is 0.272 e. The van der Waals surface area contributed by atoms with Crippen molar-refractivity contribution in [1.82, 2.24) is 15.5 Å². The van der Waals surface area contributed by atoms with Crippen LogP contribution in [0.2, 0.25) is 5.15 Å². The summed E-state index contributed by atoms with van der Waals surface area (Å²) in [7, 11) is 0. The topological polar surface area (TPSA) is 54.9 Å². The lowest BCUT2D eigenvalue weighted by Gasteiger charge is -2.14. The smallest absolute Gasteiger partial charge is 0.272 e. The van der Waals surface area contributed by atoms with Gasteiger partial charge in [-0.2, -0.15) is 0 Å². The van der Waals surface area contributed by atoms with Crippen LogP contribution in [0.1, 0.15) is 29.0 Å². The van der Waals surface area contributed by atoms with E-state index >= 15 is 0 Å². The van der Waals surface area contributed by atoms with Crippen molar-refractivity contribution in [3.05, 3.63) is 58.4 Å². The molecular formula is C13H10ClF2N3O. The van der Waals surface area contributed by atoms with E-state index in [1.54, 1.807) is 6.92 Å². The molecule has 0 spiro atoms. The summed E-state index contributed by atoms with van der Waals surface area (Å²) >= 11 is 5.56. The van der Waals surface area contributed by atoms with Crippen LogP contribution in [0.25, 0.3) is 0 Å². The number of amides is 1. The average molecular weight is 298 g/mol. The lowest BCUT2D eigenvalue weighted by Crippen LogP contribution is -2.28. The molecule has 4 nitrogen and oxygen atoms in total. The summed E-state index contributed by atoms with van der Waals surface area (Å²) in [6, 6.07) is 5.36. The van der Waals surface area contributed by atoms with Crippen molar-refractivity contribution in [2.45, 2.75) is 13.0 Å². The quantitative estimate of drug-likeness (QED) is 0.948. The van der Waals surface area contributed by atoms with Crippen LogP contribution in [0.5, 0.6) is 0 Å². The Morgan fingerprint density at radius 3 is 2.60 bits per heavy atom.